The minimum Gasteiger partial charge on any atom is -0.313 e. The zero-order chi connectivity index (χ0) is 13.3. The predicted octanol–water partition coefficient (Wildman–Crippen LogP) is -0.470. The van der Waals surface area contributed by atoms with Crippen LogP contribution in [0.15, 0.2) is 20.7 Å². The molecule has 1 heterocycles. The van der Waals surface area contributed by atoms with Crippen molar-refractivity contribution in [1.29, 1.82) is 0 Å². The summed E-state index contributed by atoms with van der Waals surface area (Å²) in [6.07, 6.45) is 3.42. The zero-order valence-corrected chi connectivity index (χ0v) is 10.7. The normalized spacial score (nSPS) is 24.3. The molecule has 2 unspecified atom stereocenters. The fourth-order valence-electron chi connectivity index (χ4n) is 2.19. The molecule has 0 spiro atoms. The molecular weight excluding hydrogens is 258 g/mol. The Kier molecular flexibility index (Phi) is 3.40. The van der Waals surface area contributed by atoms with Crippen LogP contribution in [-0.4, -0.2) is 24.4 Å². The summed E-state index contributed by atoms with van der Waals surface area (Å²) in [6, 6.07) is -0.142. The highest BCUT2D eigenvalue weighted by atomic mass is 32.2. The average Bonchev–Trinajstić information content (AvgIpc) is 2.62. The van der Waals surface area contributed by atoms with Gasteiger partial charge in [0, 0.05) is 12.2 Å². The fourth-order valence-corrected chi connectivity index (χ4v) is 3.48. The second-order valence-corrected chi connectivity index (χ2v) is 6.36. The van der Waals surface area contributed by atoms with Gasteiger partial charge in [-0.2, -0.15) is 0 Å². The smallest absolute Gasteiger partial charge is 0.313 e. The molecule has 1 aromatic heterocycles. The molecule has 1 aromatic rings. The van der Waals surface area contributed by atoms with E-state index < -0.39 is 26.2 Å². The molecule has 2 atom stereocenters. The molecule has 18 heavy (non-hydrogen) atoms. The number of H-pyrrole nitrogens is 2. The third kappa shape index (κ3) is 2.70. The topological polar surface area (TPSA) is 112 Å². The van der Waals surface area contributed by atoms with Crippen LogP contribution in [0.1, 0.15) is 26.2 Å². The molecule has 8 heteroatoms. The molecule has 1 saturated carbocycles. The van der Waals surface area contributed by atoms with Crippen LogP contribution in [0.2, 0.25) is 0 Å². The Morgan fingerprint density at radius 3 is 2.61 bits per heavy atom. The zero-order valence-electron chi connectivity index (χ0n) is 9.89. The highest BCUT2D eigenvalue weighted by Crippen LogP contribution is 2.25. The first kappa shape index (κ1) is 13.0. The molecule has 7 nitrogen and oxygen atoms in total. The maximum atomic E-state index is 12.0. The summed E-state index contributed by atoms with van der Waals surface area (Å²) in [5.41, 5.74) is -1.63. The lowest BCUT2D eigenvalue weighted by Crippen LogP contribution is -2.37. The van der Waals surface area contributed by atoms with Crippen LogP contribution in [0.3, 0.4) is 0 Å². The number of nitrogens with one attached hydrogen (secondary N) is 3. The Labute approximate surface area is 104 Å². The van der Waals surface area contributed by atoms with E-state index in [-0.39, 0.29) is 6.04 Å². The first-order valence-electron chi connectivity index (χ1n) is 5.73. The van der Waals surface area contributed by atoms with Gasteiger partial charge in [-0.3, -0.25) is 9.78 Å². The first-order chi connectivity index (χ1) is 8.38. The van der Waals surface area contributed by atoms with Crippen LogP contribution in [0.25, 0.3) is 0 Å². The summed E-state index contributed by atoms with van der Waals surface area (Å²) < 4.78 is 26.4. The van der Waals surface area contributed by atoms with Gasteiger partial charge in [-0.1, -0.05) is 6.92 Å². The molecule has 2 rings (SSSR count). The van der Waals surface area contributed by atoms with Gasteiger partial charge in [0.15, 0.2) is 4.90 Å². The van der Waals surface area contributed by atoms with Crippen molar-refractivity contribution in [2.24, 2.45) is 5.92 Å². The SMILES string of the molecule is CC1CCC(NS(=O)(=O)c2c[nH]c(=O)[nH]c2=O)C1. The van der Waals surface area contributed by atoms with E-state index in [0.29, 0.717) is 5.92 Å². The molecule has 0 aromatic carbocycles. The second-order valence-electron chi connectivity index (χ2n) is 4.67. The molecule has 0 bridgehead atoms. The highest BCUT2D eigenvalue weighted by Gasteiger charge is 2.28. The summed E-state index contributed by atoms with van der Waals surface area (Å²) in [7, 11) is -3.88. The minimum absolute atomic E-state index is 0.142. The van der Waals surface area contributed by atoms with Crippen molar-refractivity contribution >= 4 is 10.0 Å². The van der Waals surface area contributed by atoms with Crippen molar-refractivity contribution in [3.63, 3.8) is 0 Å². The van der Waals surface area contributed by atoms with Crippen LogP contribution >= 0.6 is 0 Å². The third-order valence-corrected chi connectivity index (χ3v) is 4.62. The molecular formula is C10H15N3O4S. The summed E-state index contributed by atoms with van der Waals surface area (Å²) in [5, 5.41) is 0. The van der Waals surface area contributed by atoms with Crippen molar-refractivity contribution in [2.45, 2.75) is 37.1 Å². The van der Waals surface area contributed by atoms with E-state index in [1.807, 2.05) is 4.98 Å². The Balaban J connectivity index is 2.26. The first-order valence-corrected chi connectivity index (χ1v) is 7.21. The minimum atomic E-state index is -3.88. The van der Waals surface area contributed by atoms with Gasteiger partial charge < -0.3 is 4.98 Å². The molecule has 0 amide bonds. The molecule has 1 aliphatic rings. The molecule has 1 aliphatic carbocycles. The van der Waals surface area contributed by atoms with Crippen molar-refractivity contribution in [3.8, 4) is 0 Å². The maximum absolute atomic E-state index is 12.0. The van der Waals surface area contributed by atoms with E-state index in [1.54, 1.807) is 0 Å². The lowest BCUT2D eigenvalue weighted by Gasteiger charge is -2.12. The lowest BCUT2D eigenvalue weighted by atomic mass is 10.1. The number of hydrogen-bond donors (Lipinski definition) is 3. The van der Waals surface area contributed by atoms with E-state index in [4.69, 9.17) is 0 Å². The van der Waals surface area contributed by atoms with Crippen LogP contribution in [-0.2, 0) is 10.0 Å². The summed E-state index contributed by atoms with van der Waals surface area (Å²) in [4.78, 5) is 25.8. The second kappa shape index (κ2) is 4.69. The Hall–Kier alpha value is -1.41. The van der Waals surface area contributed by atoms with Gasteiger partial charge in [0.1, 0.15) is 0 Å². The number of sulfonamides is 1. The Bertz CT molecular complexity index is 646. The van der Waals surface area contributed by atoms with Gasteiger partial charge >= 0.3 is 5.69 Å². The van der Waals surface area contributed by atoms with E-state index in [9.17, 15) is 18.0 Å². The summed E-state index contributed by atoms with van der Waals surface area (Å²) in [5.74, 6) is 0.478. The molecule has 1 fully saturated rings. The number of aromatic nitrogens is 2. The van der Waals surface area contributed by atoms with Gasteiger partial charge in [-0.05, 0) is 25.2 Å². The molecule has 0 radical (unpaired) electrons. The van der Waals surface area contributed by atoms with Gasteiger partial charge in [0.05, 0.1) is 0 Å². The van der Waals surface area contributed by atoms with Crippen LogP contribution < -0.4 is 16.0 Å². The van der Waals surface area contributed by atoms with Crippen molar-refractivity contribution in [3.05, 3.63) is 27.0 Å². The fraction of sp³-hybridized carbons (Fsp3) is 0.600. The molecule has 3 N–H and O–H groups in total. The van der Waals surface area contributed by atoms with E-state index in [1.165, 1.54) is 0 Å². The van der Waals surface area contributed by atoms with Gasteiger partial charge in [-0.15, -0.1) is 0 Å². The highest BCUT2D eigenvalue weighted by molar-refractivity contribution is 7.89. The van der Waals surface area contributed by atoms with Gasteiger partial charge in [0.25, 0.3) is 5.56 Å². The summed E-state index contributed by atoms with van der Waals surface area (Å²) in [6.45, 7) is 2.06. The van der Waals surface area contributed by atoms with Crippen molar-refractivity contribution in [1.82, 2.24) is 14.7 Å². The van der Waals surface area contributed by atoms with Gasteiger partial charge in [0.2, 0.25) is 10.0 Å². The van der Waals surface area contributed by atoms with Crippen molar-refractivity contribution < 1.29 is 8.42 Å². The standard InChI is InChI=1S/C10H15N3O4S/c1-6-2-3-7(4-6)13-18(16,17)8-5-11-10(15)12-9(8)14/h5-7,13H,2-4H2,1H3,(H2,11,12,14,15). The van der Waals surface area contributed by atoms with Crippen LogP contribution in [0, 0.1) is 5.92 Å². The Morgan fingerprint density at radius 2 is 2.06 bits per heavy atom. The number of rotatable bonds is 3. The predicted molar refractivity (Wildman–Crippen MR) is 64.8 cm³/mol. The lowest BCUT2D eigenvalue weighted by molar-refractivity contribution is 0.537. The van der Waals surface area contributed by atoms with Gasteiger partial charge in [-0.25, -0.2) is 17.9 Å². The molecule has 0 aliphatic heterocycles. The monoisotopic (exact) mass is 273 g/mol. The number of hydrogen-bond acceptors (Lipinski definition) is 4. The van der Waals surface area contributed by atoms with Crippen molar-refractivity contribution in [2.75, 3.05) is 0 Å². The van der Waals surface area contributed by atoms with E-state index >= 15 is 0 Å². The third-order valence-electron chi connectivity index (χ3n) is 3.09. The van der Waals surface area contributed by atoms with Crippen LogP contribution in [0.5, 0.6) is 0 Å². The van der Waals surface area contributed by atoms with E-state index in [2.05, 4.69) is 16.6 Å². The average molecular weight is 273 g/mol. The largest absolute Gasteiger partial charge is 0.325 e. The van der Waals surface area contributed by atoms with E-state index in [0.717, 1.165) is 25.5 Å². The quantitative estimate of drug-likeness (QED) is 0.691. The molecule has 0 saturated heterocycles. The number of aromatic amines is 2. The maximum Gasteiger partial charge on any atom is 0.325 e. The Morgan fingerprint density at radius 1 is 1.33 bits per heavy atom. The van der Waals surface area contributed by atoms with Crippen LogP contribution in [0.4, 0.5) is 0 Å². The molecule has 100 valence electrons. The summed E-state index contributed by atoms with van der Waals surface area (Å²) >= 11 is 0.